The minimum Gasteiger partial charge on any atom is -0.307 e. The van der Waals surface area contributed by atoms with Crippen LogP contribution < -0.4 is 5.32 Å². The van der Waals surface area contributed by atoms with E-state index < -0.39 is 15.9 Å². The number of sulfonamides is 1. The molecule has 3 aromatic heterocycles. The Balaban J connectivity index is 1.37. The second-order valence-corrected chi connectivity index (χ2v) is 10.5. The Kier molecular flexibility index (Phi) is 6.05. The monoisotopic (exact) mass is 491 g/mol. The van der Waals surface area contributed by atoms with Crippen molar-refractivity contribution < 1.29 is 13.2 Å². The summed E-state index contributed by atoms with van der Waals surface area (Å²) in [6.45, 7) is 2.07. The first kappa shape index (κ1) is 23.1. The van der Waals surface area contributed by atoms with Crippen LogP contribution in [-0.4, -0.2) is 76.5 Å². The van der Waals surface area contributed by atoms with Crippen LogP contribution in [0.3, 0.4) is 0 Å². The Labute approximate surface area is 203 Å². The molecule has 1 aromatic carbocycles. The molecule has 0 bridgehead atoms. The Bertz CT molecular complexity index is 1510. The van der Waals surface area contributed by atoms with Gasteiger partial charge < -0.3 is 10.2 Å². The number of aryl methyl sites for hydroxylation is 1. The van der Waals surface area contributed by atoms with Crippen LogP contribution in [0.2, 0.25) is 0 Å². The number of carbonyl (C=O) groups is 1. The molecule has 1 aliphatic heterocycles. The Morgan fingerprint density at radius 2 is 1.71 bits per heavy atom. The van der Waals surface area contributed by atoms with Crippen LogP contribution in [0.15, 0.2) is 66.2 Å². The molecule has 0 radical (unpaired) electrons. The van der Waals surface area contributed by atoms with Crippen LogP contribution >= 0.6 is 0 Å². The molecule has 180 valence electrons. The fourth-order valence-electron chi connectivity index (χ4n) is 4.00. The first-order chi connectivity index (χ1) is 16.8. The van der Waals surface area contributed by atoms with Gasteiger partial charge in [-0.2, -0.15) is 9.40 Å². The summed E-state index contributed by atoms with van der Waals surface area (Å²) in [4.78, 5) is 23.4. The molecular formula is C24H25N7O3S. The number of amides is 1. The number of piperazine rings is 1. The molecule has 0 atom stereocenters. The van der Waals surface area contributed by atoms with Gasteiger partial charge in [-0.3, -0.25) is 9.48 Å². The highest BCUT2D eigenvalue weighted by Gasteiger charge is 2.29. The molecule has 1 fully saturated rings. The van der Waals surface area contributed by atoms with Crippen molar-refractivity contribution in [2.45, 2.75) is 5.03 Å². The van der Waals surface area contributed by atoms with E-state index in [0.717, 1.165) is 21.9 Å². The van der Waals surface area contributed by atoms with Crippen LogP contribution in [0.25, 0.3) is 21.9 Å². The quantitative estimate of drug-likeness (QED) is 0.455. The molecule has 0 aliphatic carbocycles. The minimum absolute atomic E-state index is 0.137. The number of benzene rings is 1. The van der Waals surface area contributed by atoms with Crippen molar-refractivity contribution in [2.75, 3.05) is 38.5 Å². The maximum atomic E-state index is 13.0. The van der Waals surface area contributed by atoms with Gasteiger partial charge in [0, 0.05) is 68.3 Å². The Morgan fingerprint density at radius 3 is 2.46 bits per heavy atom. The Hall–Kier alpha value is -3.67. The van der Waals surface area contributed by atoms with Crippen molar-refractivity contribution >= 4 is 32.5 Å². The van der Waals surface area contributed by atoms with Crippen molar-refractivity contribution in [1.29, 1.82) is 0 Å². The second kappa shape index (κ2) is 9.17. The normalized spacial score (nSPS) is 15.4. The van der Waals surface area contributed by atoms with Crippen LogP contribution in [0, 0.1) is 0 Å². The van der Waals surface area contributed by atoms with Gasteiger partial charge >= 0.3 is 0 Å². The first-order valence-corrected chi connectivity index (χ1v) is 12.6. The zero-order valence-corrected chi connectivity index (χ0v) is 20.2. The van der Waals surface area contributed by atoms with Gasteiger partial charge in [-0.15, -0.1) is 0 Å². The lowest BCUT2D eigenvalue weighted by atomic mass is 10.1. The van der Waals surface area contributed by atoms with E-state index in [-0.39, 0.29) is 10.6 Å². The summed E-state index contributed by atoms with van der Waals surface area (Å²) in [5.74, 6) is -0.0939. The third-order valence-electron chi connectivity index (χ3n) is 6.07. The molecule has 4 aromatic rings. The predicted molar refractivity (Wildman–Crippen MR) is 132 cm³/mol. The number of hydrogen-bond donors (Lipinski definition) is 1. The molecule has 1 saturated heterocycles. The number of hydrogen-bond acceptors (Lipinski definition) is 7. The van der Waals surface area contributed by atoms with Crippen LogP contribution in [-0.2, 0) is 17.1 Å². The molecule has 1 N–H and O–H groups in total. The van der Waals surface area contributed by atoms with Gasteiger partial charge in [-0.1, -0.05) is 12.1 Å². The molecular weight excluding hydrogens is 466 g/mol. The summed E-state index contributed by atoms with van der Waals surface area (Å²) in [5, 5.41) is 8.68. The van der Waals surface area contributed by atoms with E-state index in [9.17, 15) is 13.2 Å². The van der Waals surface area contributed by atoms with Crippen LogP contribution in [0.4, 0.5) is 5.82 Å². The number of fused-ring (bicyclic) bond motifs is 1. The van der Waals surface area contributed by atoms with Gasteiger partial charge in [0.25, 0.3) is 15.9 Å². The topological polar surface area (TPSA) is 113 Å². The largest absolute Gasteiger partial charge is 0.307 e. The van der Waals surface area contributed by atoms with E-state index in [2.05, 4.69) is 25.3 Å². The fourth-order valence-corrected chi connectivity index (χ4v) is 5.38. The summed E-state index contributed by atoms with van der Waals surface area (Å²) >= 11 is 0. The van der Waals surface area contributed by atoms with Gasteiger partial charge in [0.15, 0.2) is 5.03 Å². The highest BCUT2D eigenvalue weighted by Crippen LogP contribution is 2.25. The number of nitrogens with zero attached hydrogens (tertiary/aromatic N) is 6. The molecule has 35 heavy (non-hydrogen) atoms. The number of anilines is 1. The van der Waals surface area contributed by atoms with E-state index in [1.54, 1.807) is 23.1 Å². The molecule has 11 heteroatoms. The van der Waals surface area contributed by atoms with E-state index in [4.69, 9.17) is 0 Å². The second-order valence-electron chi connectivity index (χ2n) is 8.58. The number of aromatic nitrogens is 4. The third-order valence-corrected chi connectivity index (χ3v) is 7.86. The summed E-state index contributed by atoms with van der Waals surface area (Å²) in [5.41, 5.74) is 2.18. The highest BCUT2D eigenvalue weighted by atomic mass is 32.2. The van der Waals surface area contributed by atoms with E-state index in [0.29, 0.717) is 32.0 Å². The van der Waals surface area contributed by atoms with E-state index in [1.165, 1.54) is 22.6 Å². The van der Waals surface area contributed by atoms with Crippen LogP contribution in [0.5, 0.6) is 0 Å². The summed E-state index contributed by atoms with van der Waals surface area (Å²) in [6, 6.07) is 10.6. The molecule has 4 heterocycles. The zero-order valence-electron chi connectivity index (χ0n) is 19.4. The average molecular weight is 492 g/mol. The fraction of sp³-hybridized carbons (Fsp3) is 0.250. The first-order valence-electron chi connectivity index (χ1n) is 11.1. The smallest absolute Gasteiger partial charge is 0.260 e. The number of pyridine rings is 2. The third kappa shape index (κ3) is 4.78. The van der Waals surface area contributed by atoms with E-state index >= 15 is 0 Å². The molecule has 0 unspecified atom stereocenters. The number of nitrogens with one attached hydrogen (secondary N) is 1. The highest BCUT2D eigenvalue weighted by molar-refractivity contribution is 7.89. The average Bonchev–Trinajstić information content (AvgIpc) is 3.30. The van der Waals surface area contributed by atoms with E-state index in [1.807, 2.05) is 38.5 Å². The zero-order chi connectivity index (χ0) is 24.6. The van der Waals surface area contributed by atoms with Crippen molar-refractivity contribution in [3.8, 4) is 11.1 Å². The minimum atomic E-state index is -3.78. The van der Waals surface area contributed by atoms with Gasteiger partial charge in [0.1, 0.15) is 5.82 Å². The van der Waals surface area contributed by atoms with Crippen molar-refractivity contribution in [3.63, 3.8) is 0 Å². The molecule has 1 aliphatic rings. The van der Waals surface area contributed by atoms with Crippen molar-refractivity contribution in [3.05, 3.63) is 66.7 Å². The Morgan fingerprint density at radius 1 is 0.914 bits per heavy atom. The molecule has 10 nitrogen and oxygen atoms in total. The van der Waals surface area contributed by atoms with Crippen molar-refractivity contribution in [1.82, 2.24) is 29.0 Å². The molecule has 0 saturated carbocycles. The van der Waals surface area contributed by atoms with Gasteiger partial charge in [-0.05, 0) is 42.3 Å². The number of likely N-dealkylation sites (N-methyl/N-ethyl adjacent to an activating group) is 1. The molecule has 1 amide bonds. The summed E-state index contributed by atoms with van der Waals surface area (Å²) < 4.78 is 29.2. The standard InChI is InChI=1S/C24H25N7O3S/c1-29-7-9-31(10-8-29)35(33,34)23-13-18(5-6-25-23)24(32)28-22-12-20-11-17(3-4-19(20)14-26-22)21-15-27-30(2)16-21/h3-6,11-16H,7-10H2,1-2H3,(H,26,28,32). The number of carbonyl (C=O) groups excluding carboxylic acids is 1. The summed E-state index contributed by atoms with van der Waals surface area (Å²) in [7, 11) is 0.0367. The maximum absolute atomic E-state index is 13.0. The number of rotatable bonds is 5. The van der Waals surface area contributed by atoms with Gasteiger partial charge in [0.2, 0.25) is 0 Å². The predicted octanol–water partition coefficient (Wildman–Crippen LogP) is 2.22. The molecule has 5 rings (SSSR count). The lowest BCUT2D eigenvalue weighted by Gasteiger charge is -2.31. The van der Waals surface area contributed by atoms with Gasteiger partial charge in [0.05, 0.1) is 6.20 Å². The van der Waals surface area contributed by atoms with Gasteiger partial charge in [-0.25, -0.2) is 18.4 Å². The lowest BCUT2D eigenvalue weighted by Crippen LogP contribution is -2.47. The SMILES string of the molecule is CN1CCN(S(=O)(=O)c2cc(C(=O)Nc3cc4cc(-c5cnn(C)c5)ccc4cn3)ccn2)CC1. The van der Waals surface area contributed by atoms with Crippen molar-refractivity contribution in [2.24, 2.45) is 7.05 Å². The maximum Gasteiger partial charge on any atom is 0.260 e. The summed E-state index contributed by atoms with van der Waals surface area (Å²) in [6.07, 6.45) is 6.75. The lowest BCUT2D eigenvalue weighted by molar-refractivity contribution is 0.102. The van der Waals surface area contributed by atoms with Crippen LogP contribution in [0.1, 0.15) is 10.4 Å². The molecule has 0 spiro atoms.